The first-order valence-corrected chi connectivity index (χ1v) is 5.52. The second-order valence-corrected chi connectivity index (χ2v) is 4.73. The molecule has 1 aromatic carbocycles. The van der Waals surface area contributed by atoms with E-state index >= 15 is 0 Å². The summed E-state index contributed by atoms with van der Waals surface area (Å²) in [5.74, 6) is 0. The predicted molar refractivity (Wildman–Crippen MR) is 62.5 cm³/mol. The normalized spacial score (nSPS) is 10.8. The molecule has 0 amide bonds. The van der Waals surface area contributed by atoms with Gasteiger partial charge in [-0.2, -0.15) is 5.10 Å². The molecular weight excluding hydrogens is 312 g/mol. The van der Waals surface area contributed by atoms with Crippen molar-refractivity contribution in [2.24, 2.45) is 0 Å². The van der Waals surface area contributed by atoms with Gasteiger partial charge in [-0.05, 0) is 35.0 Å². The van der Waals surface area contributed by atoms with Gasteiger partial charge in [0.05, 0.1) is 4.47 Å². The Kier molecular flexibility index (Phi) is 2.45. The van der Waals surface area contributed by atoms with Crippen molar-refractivity contribution in [3.63, 3.8) is 0 Å². The molecule has 1 heterocycles. The zero-order valence-electron chi connectivity index (χ0n) is 7.27. The molecule has 1 aromatic heterocycles. The molecule has 1 N–H and O–H groups in total. The highest BCUT2D eigenvalue weighted by molar-refractivity contribution is 9.11. The topological polar surface area (TPSA) is 45.8 Å². The number of aromatic amines is 1. The predicted octanol–water partition coefficient (Wildman–Crippen LogP) is 2.76. The van der Waals surface area contributed by atoms with Crippen LogP contribution in [0.5, 0.6) is 0 Å². The number of hydrogen-bond acceptors (Lipinski definition) is 2. The van der Waals surface area contributed by atoms with Gasteiger partial charge in [0.15, 0.2) is 0 Å². The van der Waals surface area contributed by atoms with E-state index < -0.39 is 0 Å². The summed E-state index contributed by atoms with van der Waals surface area (Å²) < 4.78 is 1.35. The molecule has 0 atom stereocenters. The molecule has 0 radical (unpaired) electrons. The molecule has 72 valence electrons. The molecule has 0 aliphatic rings. The second-order valence-electron chi connectivity index (χ2n) is 2.96. The zero-order valence-corrected chi connectivity index (χ0v) is 10.4. The lowest BCUT2D eigenvalue weighted by Crippen LogP contribution is -1.98. The van der Waals surface area contributed by atoms with Crippen LogP contribution in [0.15, 0.2) is 25.9 Å². The molecule has 0 aliphatic heterocycles. The van der Waals surface area contributed by atoms with Crippen LogP contribution in [-0.4, -0.2) is 10.2 Å². The van der Waals surface area contributed by atoms with Gasteiger partial charge in [0.1, 0.15) is 5.52 Å². The molecule has 5 heteroatoms. The Hall–Kier alpha value is -0.680. The number of aryl methyl sites for hydroxylation is 1. The van der Waals surface area contributed by atoms with Crippen LogP contribution in [0.2, 0.25) is 0 Å². The van der Waals surface area contributed by atoms with Crippen LogP contribution in [0.4, 0.5) is 0 Å². The maximum absolute atomic E-state index is 11.7. The van der Waals surface area contributed by atoms with Crippen molar-refractivity contribution in [2.45, 2.75) is 6.92 Å². The van der Waals surface area contributed by atoms with E-state index in [1.165, 1.54) is 0 Å². The molecule has 0 unspecified atom stereocenters. The third-order valence-electron chi connectivity index (χ3n) is 1.97. The number of rotatable bonds is 0. The van der Waals surface area contributed by atoms with Crippen molar-refractivity contribution in [1.29, 1.82) is 0 Å². The van der Waals surface area contributed by atoms with E-state index in [9.17, 15) is 4.79 Å². The van der Waals surface area contributed by atoms with Gasteiger partial charge in [0.25, 0.3) is 0 Å². The first-order chi connectivity index (χ1) is 6.59. The molecule has 0 fully saturated rings. The molecule has 3 nitrogen and oxygen atoms in total. The van der Waals surface area contributed by atoms with Crippen LogP contribution in [0.25, 0.3) is 10.9 Å². The van der Waals surface area contributed by atoms with Crippen LogP contribution in [0.3, 0.4) is 0 Å². The fourth-order valence-electron chi connectivity index (χ4n) is 1.27. The maximum atomic E-state index is 11.7. The molecule has 2 rings (SSSR count). The van der Waals surface area contributed by atoms with E-state index in [0.29, 0.717) is 9.99 Å². The first kappa shape index (κ1) is 9.86. The van der Waals surface area contributed by atoms with E-state index in [4.69, 9.17) is 0 Å². The van der Waals surface area contributed by atoms with Gasteiger partial charge in [-0.15, -0.1) is 0 Å². The highest BCUT2D eigenvalue weighted by Gasteiger charge is 2.07. The lowest BCUT2D eigenvalue weighted by atomic mass is 10.3. The summed E-state index contributed by atoms with van der Waals surface area (Å²) in [5, 5.41) is 7.61. The Morgan fingerprint density at radius 1 is 1.36 bits per heavy atom. The van der Waals surface area contributed by atoms with Gasteiger partial charge in [-0.25, -0.2) is 0 Å². The monoisotopic (exact) mass is 316 g/mol. The van der Waals surface area contributed by atoms with Crippen LogP contribution in [0.1, 0.15) is 5.69 Å². The smallest absolute Gasteiger partial charge is 0.220 e. The van der Waals surface area contributed by atoms with E-state index in [-0.39, 0.29) is 5.43 Å². The number of H-pyrrole nitrogens is 1. The van der Waals surface area contributed by atoms with E-state index in [0.717, 1.165) is 15.6 Å². The van der Waals surface area contributed by atoms with Gasteiger partial charge in [-0.3, -0.25) is 9.89 Å². The minimum absolute atomic E-state index is 0.102. The Bertz CT molecular complexity index is 562. The van der Waals surface area contributed by atoms with E-state index in [1.54, 1.807) is 6.07 Å². The number of fused-ring (bicyclic) bond motifs is 1. The van der Waals surface area contributed by atoms with Gasteiger partial charge in [0, 0.05) is 15.6 Å². The molecule has 0 saturated heterocycles. The average Bonchev–Trinajstić information content (AvgIpc) is 2.42. The summed E-state index contributed by atoms with van der Waals surface area (Å²) in [6.07, 6.45) is 0. The number of halogens is 2. The number of nitrogens with one attached hydrogen (secondary N) is 1. The molecule has 2 aromatic rings. The largest absolute Gasteiger partial charge is 0.286 e. The second kappa shape index (κ2) is 3.47. The van der Waals surface area contributed by atoms with Crippen molar-refractivity contribution in [3.05, 3.63) is 37.0 Å². The lowest BCUT2D eigenvalue weighted by molar-refractivity contribution is 1.06. The quantitative estimate of drug-likeness (QED) is 0.812. The Labute approximate surface area is 96.8 Å². The van der Waals surface area contributed by atoms with Gasteiger partial charge >= 0.3 is 0 Å². The standard InChI is InChI=1S/C9H6Br2N2O/c1-4-6-2-5(10)3-7(11)9(14)8(6)13-12-4/h2-3H,1H3,(H,12,13). The molecule has 0 spiro atoms. The minimum atomic E-state index is -0.102. The van der Waals surface area contributed by atoms with Crippen LogP contribution in [0, 0.1) is 6.92 Å². The first-order valence-electron chi connectivity index (χ1n) is 3.93. The maximum Gasteiger partial charge on any atom is 0.220 e. The van der Waals surface area contributed by atoms with Crippen LogP contribution in [-0.2, 0) is 0 Å². The summed E-state index contributed by atoms with van der Waals surface area (Å²) in [6, 6.07) is 3.60. The number of hydrogen-bond donors (Lipinski definition) is 1. The van der Waals surface area contributed by atoms with Crippen molar-refractivity contribution < 1.29 is 0 Å². The van der Waals surface area contributed by atoms with Gasteiger partial charge in [0.2, 0.25) is 5.43 Å². The Balaban J connectivity index is 3.09. The minimum Gasteiger partial charge on any atom is -0.286 e. The summed E-state index contributed by atoms with van der Waals surface area (Å²) in [5.41, 5.74) is 1.25. The number of aromatic nitrogens is 2. The summed E-state index contributed by atoms with van der Waals surface area (Å²) in [7, 11) is 0. The van der Waals surface area contributed by atoms with Gasteiger partial charge in [-0.1, -0.05) is 15.9 Å². The molecule has 0 aliphatic carbocycles. The van der Waals surface area contributed by atoms with Crippen molar-refractivity contribution in [1.82, 2.24) is 10.2 Å². The lowest BCUT2D eigenvalue weighted by Gasteiger charge is -1.82. The number of nitrogens with zero attached hydrogens (tertiary/aromatic N) is 1. The highest BCUT2D eigenvalue weighted by atomic mass is 79.9. The van der Waals surface area contributed by atoms with Crippen molar-refractivity contribution >= 4 is 42.8 Å². The van der Waals surface area contributed by atoms with Gasteiger partial charge < -0.3 is 0 Å². The molecular formula is C9H6Br2N2O. The SMILES string of the molecule is Cc1[nH]nc2c(=O)c(Br)cc(Br)cc12. The van der Waals surface area contributed by atoms with Crippen molar-refractivity contribution in [2.75, 3.05) is 0 Å². The molecule has 14 heavy (non-hydrogen) atoms. The molecule has 0 bridgehead atoms. The van der Waals surface area contributed by atoms with Crippen LogP contribution >= 0.6 is 31.9 Å². The van der Waals surface area contributed by atoms with Crippen LogP contribution < -0.4 is 5.43 Å². The van der Waals surface area contributed by atoms with E-state index in [1.807, 2.05) is 13.0 Å². The zero-order chi connectivity index (χ0) is 10.3. The van der Waals surface area contributed by atoms with Crippen molar-refractivity contribution in [3.8, 4) is 0 Å². The fourth-order valence-corrected chi connectivity index (χ4v) is 2.47. The highest BCUT2D eigenvalue weighted by Crippen LogP contribution is 2.19. The summed E-state index contributed by atoms with van der Waals surface area (Å²) >= 11 is 6.57. The third kappa shape index (κ3) is 1.50. The fraction of sp³-hybridized carbons (Fsp3) is 0.111. The summed E-state index contributed by atoms with van der Waals surface area (Å²) in [6.45, 7) is 1.88. The Morgan fingerprint density at radius 2 is 2.07 bits per heavy atom. The van der Waals surface area contributed by atoms with E-state index in [2.05, 4.69) is 42.1 Å². The third-order valence-corrected chi connectivity index (χ3v) is 3.02. The Morgan fingerprint density at radius 3 is 2.79 bits per heavy atom. The molecule has 0 saturated carbocycles. The average molecular weight is 318 g/mol. The summed E-state index contributed by atoms with van der Waals surface area (Å²) in [4.78, 5) is 11.7.